The van der Waals surface area contributed by atoms with Crippen molar-refractivity contribution in [2.45, 2.75) is 45.8 Å². The average Bonchev–Trinajstić information content (AvgIpc) is 2.94. The van der Waals surface area contributed by atoms with Crippen LogP contribution >= 0.6 is 11.3 Å². The van der Waals surface area contributed by atoms with Gasteiger partial charge in [-0.2, -0.15) is 0 Å². The maximum atomic E-state index is 5.77. The fourth-order valence-corrected chi connectivity index (χ4v) is 3.79. The fourth-order valence-electron chi connectivity index (χ4n) is 3.00. The number of aliphatic imine (C=N–C) groups is 1. The van der Waals surface area contributed by atoms with E-state index in [0.717, 1.165) is 51.5 Å². The zero-order valence-electron chi connectivity index (χ0n) is 15.3. The zero-order valence-corrected chi connectivity index (χ0v) is 16.2. The highest BCUT2D eigenvalue weighted by molar-refractivity contribution is 7.11. The first kappa shape index (κ1) is 19.1. The van der Waals surface area contributed by atoms with Crippen molar-refractivity contribution in [1.29, 1.82) is 0 Å². The van der Waals surface area contributed by atoms with Gasteiger partial charge in [-0.3, -0.25) is 9.89 Å². The lowest BCUT2D eigenvalue weighted by molar-refractivity contribution is -0.0679. The Labute approximate surface area is 149 Å². The van der Waals surface area contributed by atoms with Crippen LogP contribution in [0.5, 0.6) is 0 Å². The van der Waals surface area contributed by atoms with Crippen molar-refractivity contribution in [1.82, 2.24) is 20.5 Å². The van der Waals surface area contributed by atoms with Crippen molar-refractivity contribution in [3.05, 3.63) is 16.1 Å². The van der Waals surface area contributed by atoms with Crippen LogP contribution in [0.3, 0.4) is 0 Å². The minimum atomic E-state index is 0.339. The molecule has 2 unspecified atom stereocenters. The molecule has 136 valence electrons. The third-order valence-corrected chi connectivity index (χ3v) is 4.94. The van der Waals surface area contributed by atoms with Crippen LogP contribution in [0.15, 0.2) is 11.2 Å². The molecule has 1 fully saturated rings. The molecule has 0 aliphatic carbocycles. The number of nitrogens with zero attached hydrogens (tertiary/aromatic N) is 3. The van der Waals surface area contributed by atoms with Crippen LogP contribution in [0.25, 0.3) is 0 Å². The molecule has 2 rings (SSSR count). The molecule has 6 nitrogen and oxygen atoms in total. The van der Waals surface area contributed by atoms with Crippen LogP contribution in [0.2, 0.25) is 0 Å². The summed E-state index contributed by atoms with van der Waals surface area (Å²) in [4.78, 5) is 12.4. The van der Waals surface area contributed by atoms with Crippen molar-refractivity contribution < 1.29 is 4.74 Å². The summed E-state index contributed by atoms with van der Waals surface area (Å²) in [5.74, 6) is 0.868. The molecule has 1 saturated heterocycles. The third kappa shape index (κ3) is 6.75. The van der Waals surface area contributed by atoms with Crippen LogP contribution in [-0.2, 0) is 11.2 Å². The minimum absolute atomic E-state index is 0.339. The molecule has 0 amide bonds. The Kier molecular flexibility index (Phi) is 7.94. The van der Waals surface area contributed by atoms with Crippen LogP contribution in [0.1, 0.15) is 30.2 Å². The highest BCUT2D eigenvalue weighted by atomic mass is 32.1. The molecular formula is C17H31N5OS. The first-order valence-electron chi connectivity index (χ1n) is 8.80. The SMILES string of the molecule is CN=C(NCCCN1CC(C)OC(C)C1)NCCc1ncc(C)s1. The molecule has 24 heavy (non-hydrogen) atoms. The van der Waals surface area contributed by atoms with E-state index in [1.54, 1.807) is 11.3 Å². The summed E-state index contributed by atoms with van der Waals surface area (Å²) in [6, 6.07) is 0. The Bertz CT molecular complexity index is 509. The summed E-state index contributed by atoms with van der Waals surface area (Å²) in [6.45, 7) is 11.3. The summed E-state index contributed by atoms with van der Waals surface area (Å²) in [5.41, 5.74) is 0. The lowest BCUT2D eigenvalue weighted by atomic mass is 10.2. The highest BCUT2D eigenvalue weighted by Gasteiger charge is 2.21. The summed E-state index contributed by atoms with van der Waals surface area (Å²) in [6.07, 6.45) is 4.64. The predicted molar refractivity (Wildman–Crippen MR) is 101 cm³/mol. The van der Waals surface area contributed by atoms with E-state index in [1.165, 1.54) is 9.88 Å². The number of aromatic nitrogens is 1. The van der Waals surface area contributed by atoms with Crippen LogP contribution in [0.4, 0.5) is 0 Å². The normalized spacial score (nSPS) is 22.6. The molecule has 0 bridgehead atoms. The van der Waals surface area contributed by atoms with Gasteiger partial charge in [-0.25, -0.2) is 4.98 Å². The number of thiazole rings is 1. The Balaban J connectivity index is 1.58. The first-order chi connectivity index (χ1) is 11.6. The highest BCUT2D eigenvalue weighted by Crippen LogP contribution is 2.11. The largest absolute Gasteiger partial charge is 0.373 e. The summed E-state index contributed by atoms with van der Waals surface area (Å²) >= 11 is 1.76. The molecule has 2 atom stereocenters. The second-order valence-electron chi connectivity index (χ2n) is 6.41. The lowest BCUT2D eigenvalue weighted by Gasteiger charge is -2.35. The molecule has 1 aliphatic rings. The van der Waals surface area contributed by atoms with Gasteiger partial charge in [-0.15, -0.1) is 11.3 Å². The van der Waals surface area contributed by atoms with Crippen LogP contribution in [0, 0.1) is 6.92 Å². The van der Waals surface area contributed by atoms with E-state index in [4.69, 9.17) is 4.74 Å². The van der Waals surface area contributed by atoms with Gasteiger partial charge in [0.2, 0.25) is 0 Å². The number of ether oxygens (including phenoxy) is 1. The van der Waals surface area contributed by atoms with Crippen molar-refractivity contribution in [2.75, 3.05) is 39.8 Å². The van der Waals surface area contributed by atoms with Crippen molar-refractivity contribution in [3.63, 3.8) is 0 Å². The van der Waals surface area contributed by atoms with E-state index in [-0.39, 0.29) is 0 Å². The Hall–Kier alpha value is -1.18. The molecule has 1 aromatic heterocycles. The van der Waals surface area contributed by atoms with Gasteiger partial charge < -0.3 is 15.4 Å². The second kappa shape index (κ2) is 9.96. The van der Waals surface area contributed by atoms with E-state index in [2.05, 4.69) is 46.3 Å². The standard InChI is InChI=1S/C17H31N5OS/c1-13-11-22(12-14(2)23-13)9-5-7-19-17(18-4)20-8-6-16-21-10-15(3)24-16/h10,13-14H,5-9,11-12H2,1-4H3,(H2,18,19,20). The first-order valence-corrected chi connectivity index (χ1v) is 9.62. The predicted octanol–water partition coefficient (Wildman–Crippen LogP) is 1.66. The summed E-state index contributed by atoms with van der Waals surface area (Å²) in [5, 5.41) is 7.91. The van der Waals surface area contributed by atoms with Crippen molar-refractivity contribution in [2.24, 2.45) is 4.99 Å². The number of nitrogens with one attached hydrogen (secondary N) is 2. The molecule has 0 saturated carbocycles. The second-order valence-corrected chi connectivity index (χ2v) is 7.73. The molecule has 0 radical (unpaired) electrons. The van der Waals surface area contributed by atoms with Crippen LogP contribution in [-0.4, -0.2) is 67.8 Å². The molecule has 2 heterocycles. The van der Waals surface area contributed by atoms with E-state index in [1.807, 2.05) is 13.2 Å². The van der Waals surface area contributed by atoms with Gasteiger partial charge in [0.05, 0.1) is 17.2 Å². The van der Waals surface area contributed by atoms with Gasteiger partial charge >= 0.3 is 0 Å². The number of rotatable bonds is 7. The van der Waals surface area contributed by atoms with Gasteiger partial charge in [-0.1, -0.05) is 0 Å². The van der Waals surface area contributed by atoms with Crippen LogP contribution < -0.4 is 10.6 Å². The van der Waals surface area contributed by atoms with Gasteiger partial charge in [0.1, 0.15) is 0 Å². The Morgan fingerprint density at radius 1 is 1.33 bits per heavy atom. The fraction of sp³-hybridized carbons (Fsp3) is 0.765. The third-order valence-electron chi connectivity index (χ3n) is 3.96. The Morgan fingerprint density at radius 2 is 2.04 bits per heavy atom. The number of hydrogen-bond donors (Lipinski definition) is 2. The van der Waals surface area contributed by atoms with E-state index < -0.39 is 0 Å². The maximum absolute atomic E-state index is 5.77. The average molecular weight is 354 g/mol. The molecule has 0 aromatic carbocycles. The number of aryl methyl sites for hydroxylation is 1. The molecule has 1 aliphatic heterocycles. The number of morpholine rings is 1. The number of hydrogen-bond acceptors (Lipinski definition) is 5. The summed E-state index contributed by atoms with van der Waals surface area (Å²) < 4.78 is 5.77. The van der Waals surface area contributed by atoms with Gasteiger partial charge in [0, 0.05) is 57.3 Å². The van der Waals surface area contributed by atoms with Gasteiger partial charge in [0.15, 0.2) is 5.96 Å². The van der Waals surface area contributed by atoms with E-state index in [0.29, 0.717) is 12.2 Å². The monoisotopic (exact) mass is 353 g/mol. The summed E-state index contributed by atoms with van der Waals surface area (Å²) in [7, 11) is 1.81. The van der Waals surface area contributed by atoms with Crippen molar-refractivity contribution >= 4 is 17.3 Å². The molecule has 0 spiro atoms. The molecule has 2 N–H and O–H groups in total. The number of guanidine groups is 1. The zero-order chi connectivity index (χ0) is 17.4. The van der Waals surface area contributed by atoms with Gasteiger partial charge in [0.25, 0.3) is 0 Å². The molecule has 1 aromatic rings. The topological polar surface area (TPSA) is 61.8 Å². The Morgan fingerprint density at radius 3 is 2.67 bits per heavy atom. The van der Waals surface area contributed by atoms with E-state index in [9.17, 15) is 0 Å². The molecular weight excluding hydrogens is 322 g/mol. The lowest BCUT2D eigenvalue weighted by Crippen LogP contribution is -2.46. The minimum Gasteiger partial charge on any atom is -0.373 e. The quantitative estimate of drug-likeness (QED) is 0.443. The van der Waals surface area contributed by atoms with Gasteiger partial charge in [-0.05, 0) is 27.2 Å². The molecule has 7 heteroatoms. The smallest absolute Gasteiger partial charge is 0.190 e. The van der Waals surface area contributed by atoms with Crippen molar-refractivity contribution in [3.8, 4) is 0 Å². The maximum Gasteiger partial charge on any atom is 0.190 e. The van der Waals surface area contributed by atoms with E-state index >= 15 is 0 Å².